The highest BCUT2D eigenvalue weighted by atomic mass is 35.5. The molecule has 2 aromatic heterocycles. The number of carbonyl (C=O) groups excluding carboxylic acids is 1. The molecule has 8 nitrogen and oxygen atoms in total. The quantitative estimate of drug-likeness (QED) is 0.613. The minimum absolute atomic E-state index is 0.0400. The lowest BCUT2D eigenvalue weighted by atomic mass is 9.90. The molecule has 10 heteroatoms. The zero-order chi connectivity index (χ0) is 23.0. The van der Waals surface area contributed by atoms with Crippen molar-refractivity contribution >= 4 is 40.3 Å². The van der Waals surface area contributed by atoms with E-state index < -0.39 is 0 Å². The van der Waals surface area contributed by atoms with Crippen LogP contribution in [0.1, 0.15) is 57.3 Å². The Hall–Kier alpha value is -2.45. The first-order valence-corrected chi connectivity index (χ1v) is 11.4. The first-order valence-electron chi connectivity index (χ1n) is 10.7. The van der Waals surface area contributed by atoms with Crippen LogP contribution in [0.3, 0.4) is 0 Å². The van der Waals surface area contributed by atoms with E-state index in [9.17, 15) is 9.59 Å². The van der Waals surface area contributed by atoms with Gasteiger partial charge in [-0.2, -0.15) is 0 Å². The van der Waals surface area contributed by atoms with Crippen LogP contribution >= 0.6 is 23.2 Å². The molecule has 0 unspecified atom stereocenters. The number of rotatable bonds is 4. The van der Waals surface area contributed by atoms with Gasteiger partial charge in [0.05, 0.1) is 6.54 Å². The fourth-order valence-electron chi connectivity index (χ4n) is 3.98. The number of hydrogen-bond donors (Lipinski definition) is 1. The first-order chi connectivity index (χ1) is 15.1. The maximum absolute atomic E-state index is 12.6. The van der Waals surface area contributed by atoms with Crippen LogP contribution in [0.5, 0.6) is 0 Å². The molecule has 0 spiro atoms. The van der Waals surface area contributed by atoms with Crippen molar-refractivity contribution in [3.63, 3.8) is 0 Å². The van der Waals surface area contributed by atoms with Crippen LogP contribution in [-0.2, 0) is 11.3 Å². The van der Waals surface area contributed by atoms with E-state index in [4.69, 9.17) is 28.2 Å². The summed E-state index contributed by atoms with van der Waals surface area (Å²) in [5.74, 6) is 0.823. The Kier molecular flexibility index (Phi) is 6.27. The lowest BCUT2D eigenvalue weighted by Crippen LogP contribution is -2.39. The molecule has 170 valence electrons. The molecular weight excluding hydrogens is 451 g/mol. The van der Waals surface area contributed by atoms with Crippen LogP contribution in [0.4, 0.5) is 0 Å². The molecule has 1 fully saturated rings. The molecule has 1 N–H and O–H groups in total. The van der Waals surface area contributed by atoms with Gasteiger partial charge in [0.2, 0.25) is 5.91 Å². The summed E-state index contributed by atoms with van der Waals surface area (Å²) in [6.07, 6.45) is 2.00. The smallest absolute Gasteiger partial charge is 0.281 e. The van der Waals surface area contributed by atoms with Gasteiger partial charge in [-0.15, -0.1) is 5.10 Å². The minimum atomic E-state index is -0.326. The second kappa shape index (κ2) is 8.83. The molecule has 1 amide bonds. The summed E-state index contributed by atoms with van der Waals surface area (Å²) in [5.41, 5.74) is 0.896. The van der Waals surface area contributed by atoms with Crippen molar-refractivity contribution in [1.29, 1.82) is 0 Å². The fraction of sp³-hybridized carbons (Fsp3) is 0.500. The molecule has 3 aromatic rings. The Morgan fingerprint density at radius 3 is 2.47 bits per heavy atom. The number of halogens is 2. The van der Waals surface area contributed by atoms with E-state index in [1.54, 1.807) is 22.9 Å². The predicted octanol–water partition coefficient (Wildman–Crippen LogP) is 4.01. The number of aromatic amines is 1. The van der Waals surface area contributed by atoms with Gasteiger partial charge in [0.15, 0.2) is 11.2 Å². The number of aromatic nitrogens is 5. The summed E-state index contributed by atoms with van der Waals surface area (Å²) >= 11 is 12.6. The third kappa shape index (κ3) is 4.81. The molecule has 0 atom stereocenters. The van der Waals surface area contributed by atoms with Crippen LogP contribution in [0.25, 0.3) is 11.2 Å². The van der Waals surface area contributed by atoms with Crippen molar-refractivity contribution in [3.05, 3.63) is 50.0 Å². The lowest BCUT2D eigenvalue weighted by molar-refractivity contribution is -0.134. The van der Waals surface area contributed by atoms with Crippen LogP contribution in [0.2, 0.25) is 10.0 Å². The van der Waals surface area contributed by atoms with Gasteiger partial charge in [-0.1, -0.05) is 55.3 Å². The van der Waals surface area contributed by atoms with Crippen LogP contribution in [0.15, 0.2) is 23.0 Å². The highest BCUT2D eigenvalue weighted by Gasteiger charge is 2.28. The van der Waals surface area contributed by atoms with E-state index in [2.05, 4.69) is 36.1 Å². The van der Waals surface area contributed by atoms with Gasteiger partial charge in [-0.3, -0.25) is 9.59 Å². The summed E-state index contributed by atoms with van der Waals surface area (Å²) in [7, 11) is 0. The zero-order valence-corrected chi connectivity index (χ0v) is 19.9. The Balaban J connectivity index is 1.56. The Morgan fingerprint density at radius 1 is 1.19 bits per heavy atom. The molecule has 1 aliphatic rings. The summed E-state index contributed by atoms with van der Waals surface area (Å²) in [6, 6.07) is 5.28. The molecule has 32 heavy (non-hydrogen) atoms. The number of benzene rings is 1. The van der Waals surface area contributed by atoms with Gasteiger partial charge < -0.3 is 9.88 Å². The highest BCUT2D eigenvalue weighted by Crippen LogP contribution is 2.29. The summed E-state index contributed by atoms with van der Waals surface area (Å²) in [4.78, 5) is 34.6. The number of nitrogens with one attached hydrogen (secondary N) is 1. The summed E-state index contributed by atoms with van der Waals surface area (Å²) < 4.78 is 1.54. The second-order valence-corrected chi connectivity index (χ2v) is 10.3. The van der Waals surface area contributed by atoms with Gasteiger partial charge in [0.25, 0.3) is 5.56 Å². The maximum atomic E-state index is 12.6. The number of H-pyrrole nitrogens is 1. The number of amides is 1. The van der Waals surface area contributed by atoms with Crippen LogP contribution in [-0.4, -0.2) is 48.9 Å². The average Bonchev–Trinajstić information content (AvgIpc) is 3.13. The van der Waals surface area contributed by atoms with Gasteiger partial charge in [0.1, 0.15) is 5.82 Å². The molecule has 1 aromatic carbocycles. The summed E-state index contributed by atoms with van der Waals surface area (Å²) in [6.45, 7) is 7.74. The lowest BCUT2D eigenvalue weighted by Gasteiger charge is -2.33. The van der Waals surface area contributed by atoms with Gasteiger partial charge in [-0.25, -0.2) is 9.67 Å². The standard InChI is InChI=1S/C22H26Cl2N6O2/c1-22(2,3)11-17(31)29-9-7-13(8-10-29)19-25-20-18(21(32)26-19)27-28-30(20)12-14-15(23)5-4-6-16(14)24/h4-6,13H,7-12H2,1-3H3,(H,25,26,32). The van der Waals surface area contributed by atoms with Crippen molar-refractivity contribution in [2.75, 3.05) is 13.1 Å². The maximum Gasteiger partial charge on any atom is 0.281 e. The predicted molar refractivity (Wildman–Crippen MR) is 124 cm³/mol. The number of piperidine rings is 1. The van der Waals surface area contributed by atoms with Crippen molar-refractivity contribution in [3.8, 4) is 0 Å². The number of likely N-dealkylation sites (tertiary alicyclic amines) is 1. The highest BCUT2D eigenvalue weighted by molar-refractivity contribution is 6.36. The molecule has 0 radical (unpaired) electrons. The Labute approximate surface area is 195 Å². The number of carbonyl (C=O) groups is 1. The minimum Gasteiger partial charge on any atom is -0.343 e. The van der Waals surface area contributed by atoms with Gasteiger partial charge in [-0.05, 0) is 30.4 Å². The molecule has 1 saturated heterocycles. The Morgan fingerprint density at radius 2 is 1.84 bits per heavy atom. The fourth-order valence-corrected chi connectivity index (χ4v) is 4.50. The number of hydrogen-bond acceptors (Lipinski definition) is 5. The zero-order valence-electron chi connectivity index (χ0n) is 18.4. The van der Waals surface area contributed by atoms with Gasteiger partial charge in [0, 0.05) is 41.0 Å². The number of nitrogens with zero attached hydrogens (tertiary/aromatic N) is 5. The Bertz CT molecular complexity index is 1190. The second-order valence-electron chi connectivity index (χ2n) is 9.46. The third-order valence-electron chi connectivity index (χ3n) is 5.68. The first kappa shape index (κ1) is 22.7. The number of fused-ring (bicyclic) bond motifs is 1. The van der Waals surface area contributed by atoms with E-state index in [1.165, 1.54) is 0 Å². The molecule has 1 aliphatic heterocycles. The van der Waals surface area contributed by atoms with E-state index in [-0.39, 0.29) is 34.9 Å². The van der Waals surface area contributed by atoms with E-state index >= 15 is 0 Å². The monoisotopic (exact) mass is 476 g/mol. The van der Waals surface area contributed by atoms with Gasteiger partial charge >= 0.3 is 0 Å². The van der Waals surface area contributed by atoms with E-state index in [0.717, 1.165) is 12.8 Å². The van der Waals surface area contributed by atoms with E-state index in [1.807, 2.05) is 4.90 Å². The molecule has 3 heterocycles. The van der Waals surface area contributed by atoms with Crippen LogP contribution in [0, 0.1) is 5.41 Å². The molecular formula is C22H26Cl2N6O2. The summed E-state index contributed by atoms with van der Waals surface area (Å²) in [5, 5.41) is 9.13. The molecule has 0 saturated carbocycles. The largest absolute Gasteiger partial charge is 0.343 e. The van der Waals surface area contributed by atoms with Crippen molar-refractivity contribution in [1.82, 2.24) is 29.9 Å². The molecule has 0 bridgehead atoms. The van der Waals surface area contributed by atoms with Crippen LogP contribution < -0.4 is 5.56 Å². The van der Waals surface area contributed by atoms with Crippen molar-refractivity contribution < 1.29 is 4.79 Å². The van der Waals surface area contributed by atoms with Crippen molar-refractivity contribution in [2.24, 2.45) is 5.41 Å². The molecule has 0 aliphatic carbocycles. The van der Waals surface area contributed by atoms with E-state index in [0.29, 0.717) is 46.6 Å². The normalized spacial score (nSPS) is 15.5. The molecule has 4 rings (SSSR count). The average molecular weight is 477 g/mol. The third-order valence-corrected chi connectivity index (χ3v) is 6.39. The topological polar surface area (TPSA) is 96.8 Å². The van der Waals surface area contributed by atoms with Crippen molar-refractivity contribution in [2.45, 2.75) is 52.5 Å². The SMILES string of the molecule is CC(C)(C)CC(=O)N1CCC(c2nc3c(nnn3Cc3c(Cl)cccc3Cl)c(=O)[nH]2)CC1.